The molecule has 2 rings (SSSR count). The van der Waals surface area contributed by atoms with Crippen molar-refractivity contribution < 1.29 is 9.53 Å². The van der Waals surface area contributed by atoms with Gasteiger partial charge in [0.05, 0.1) is 10.7 Å². The fourth-order valence-corrected chi connectivity index (χ4v) is 4.91. The van der Waals surface area contributed by atoms with Crippen molar-refractivity contribution in [1.82, 2.24) is 0 Å². The first-order valence-corrected chi connectivity index (χ1v) is 7.53. The highest BCUT2D eigenvalue weighted by Gasteiger charge is 2.43. The molecule has 0 N–H and O–H groups in total. The summed E-state index contributed by atoms with van der Waals surface area (Å²) in [5, 5.41) is 0. The zero-order valence-corrected chi connectivity index (χ0v) is 11.2. The normalized spacial score (nSPS) is 23.6. The van der Waals surface area contributed by atoms with Gasteiger partial charge in [-0.1, -0.05) is 0 Å². The fourth-order valence-electron chi connectivity index (χ4n) is 1.56. The molecule has 0 unspecified atom stereocenters. The molecule has 1 aliphatic heterocycles. The van der Waals surface area contributed by atoms with Crippen molar-refractivity contribution in [3.8, 4) is 0 Å². The maximum atomic E-state index is 9.18. The summed E-state index contributed by atoms with van der Waals surface area (Å²) in [4.78, 5) is 9.18. The summed E-state index contributed by atoms with van der Waals surface area (Å²) in [6.45, 7) is 5.11. The maximum Gasteiger partial charge on any atom is 0.293 e. The summed E-state index contributed by atoms with van der Waals surface area (Å²) in [7, 11) is 0. The van der Waals surface area contributed by atoms with Crippen LogP contribution >= 0.6 is 23.5 Å². The largest absolute Gasteiger partial charge is 0.468 e. The number of rotatable bonds is 3. The SMILES string of the molecule is CC1(C2CC2)SCCCS1.CCOC=O. The molecule has 0 aromatic heterocycles. The minimum atomic E-state index is 0.431. The standard InChI is InChI=1S/C8H14S2.C3H6O2/c1-8(7-3-4-7)9-5-2-6-10-8;1-2-5-3-4/h7H,2-6H2,1H3;3H,2H2,1H3. The first-order valence-electron chi connectivity index (χ1n) is 5.56. The predicted octanol–water partition coefficient (Wildman–Crippen LogP) is 3.16. The highest BCUT2D eigenvalue weighted by Crippen LogP contribution is 2.55. The summed E-state index contributed by atoms with van der Waals surface area (Å²) in [5.74, 6) is 3.86. The first kappa shape index (κ1) is 13.2. The van der Waals surface area contributed by atoms with Crippen LogP contribution in [0.15, 0.2) is 0 Å². The average molecular weight is 248 g/mol. The van der Waals surface area contributed by atoms with E-state index in [0.29, 0.717) is 17.2 Å². The third kappa shape index (κ3) is 4.68. The Morgan fingerprint density at radius 1 is 1.40 bits per heavy atom. The van der Waals surface area contributed by atoms with E-state index in [9.17, 15) is 4.79 Å². The lowest BCUT2D eigenvalue weighted by Gasteiger charge is -2.32. The van der Waals surface area contributed by atoms with Gasteiger partial charge in [-0.3, -0.25) is 4.79 Å². The number of hydrogen-bond donors (Lipinski definition) is 0. The van der Waals surface area contributed by atoms with Gasteiger partial charge in [0, 0.05) is 0 Å². The molecule has 88 valence electrons. The molecule has 1 saturated heterocycles. The van der Waals surface area contributed by atoms with Crippen LogP contribution in [0.5, 0.6) is 0 Å². The molecule has 2 aliphatic rings. The van der Waals surface area contributed by atoms with Gasteiger partial charge in [-0.25, -0.2) is 0 Å². The van der Waals surface area contributed by atoms with E-state index in [2.05, 4.69) is 35.2 Å². The summed E-state index contributed by atoms with van der Waals surface area (Å²) in [6.07, 6.45) is 4.42. The van der Waals surface area contributed by atoms with Gasteiger partial charge in [0.15, 0.2) is 0 Å². The molecule has 4 heteroatoms. The Kier molecular flexibility index (Phi) is 5.90. The van der Waals surface area contributed by atoms with Crippen LogP contribution in [0.1, 0.15) is 33.1 Å². The van der Waals surface area contributed by atoms with E-state index in [1.807, 2.05) is 0 Å². The second kappa shape index (κ2) is 6.69. The molecule has 0 aromatic rings. The lowest BCUT2D eigenvalue weighted by atomic mass is 10.3. The highest BCUT2D eigenvalue weighted by molar-refractivity contribution is 8.18. The number of carbonyl (C=O) groups excluding carboxylic acids is 1. The molecule has 0 aromatic carbocycles. The van der Waals surface area contributed by atoms with Crippen LogP contribution in [-0.2, 0) is 9.53 Å². The first-order chi connectivity index (χ1) is 7.23. The van der Waals surface area contributed by atoms with Gasteiger partial charge in [0.2, 0.25) is 0 Å². The van der Waals surface area contributed by atoms with Crippen molar-refractivity contribution >= 4 is 30.0 Å². The zero-order valence-electron chi connectivity index (χ0n) is 9.53. The number of thioether (sulfide) groups is 2. The van der Waals surface area contributed by atoms with Gasteiger partial charge < -0.3 is 4.74 Å². The minimum absolute atomic E-state index is 0.431. The smallest absolute Gasteiger partial charge is 0.293 e. The quantitative estimate of drug-likeness (QED) is 0.717. The Morgan fingerprint density at radius 3 is 2.33 bits per heavy atom. The Hall–Kier alpha value is 0.170. The van der Waals surface area contributed by atoms with Crippen LogP contribution in [0, 0.1) is 5.92 Å². The van der Waals surface area contributed by atoms with Gasteiger partial charge >= 0.3 is 0 Å². The minimum Gasteiger partial charge on any atom is -0.468 e. The van der Waals surface area contributed by atoms with Crippen LogP contribution in [0.25, 0.3) is 0 Å². The van der Waals surface area contributed by atoms with E-state index < -0.39 is 0 Å². The topological polar surface area (TPSA) is 26.3 Å². The van der Waals surface area contributed by atoms with Crippen LogP contribution < -0.4 is 0 Å². The van der Waals surface area contributed by atoms with Gasteiger partial charge in [0.1, 0.15) is 0 Å². The molecule has 0 bridgehead atoms. The summed E-state index contributed by atoms with van der Waals surface area (Å²) < 4.78 is 4.78. The van der Waals surface area contributed by atoms with Crippen molar-refractivity contribution in [3.63, 3.8) is 0 Å². The van der Waals surface area contributed by atoms with Crippen molar-refractivity contribution in [2.24, 2.45) is 5.92 Å². The van der Waals surface area contributed by atoms with Crippen LogP contribution in [0.3, 0.4) is 0 Å². The Labute approximate surface area is 101 Å². The second-order valence-electron chi connectivity index (χ2n) is 3.89. The number of hydrogen-bond acceptors (Lipinski definition) is 4. The molecule has 2 nitrogen and oxygen atoms in total. The van der Waals surface area contributed by atoms with E-state index in [1.54, 1.807) is 6.92 Å². The Bertz CT molecular complexity index is 187. The zero-order chi connectivity index (χ0) is 11.1. The summed E-state index contributed by atoms with van der Waals surface area (Å²) in [6, 6.07) is 0. The van der Waals surface area contributed by atoms with Crippen molar-refractivity contribution in [1.29, 1.82) is 0 Å². The Morgan fingerprint density at radius 2 is 2.00 bits per heavy atom. The van der Waals surface area contributed by atoms with Gasteiger partial charge in [0.25, 0.3) is 6.47 Å². The lowest BCUT2D eigenvalue weighted by Crippen LogP contribution is -2.23. The van der Waals surface area contributed by atoms with E-state index in [4.69, 9.17) is 0 Å². The van der Waals surface area contributed by atoms with E-state index in [0.717, 1.165) is 5.92 Å². The fraction of sp³-hybridized carbons (Fsp3) is 0.909. The Balaban J connectivity index is 0.000000195. The molecule has 1 aliphatic carbocycles. The molecule has 15 heavy (non-hydrogen) atoms. The summed E-state index contributed by atoms with van der Waals surface area (Å²) >= 11 is 4.40. The third-order valence-corrected chi connectivity index (χ3v) is 6.13. The van der Waals surface area contributed by atoms with Gasteiger partial charge in [-0.05, 0) is 50.5 Å². The third-order valence-electron chi connectivity index (χ3n) is 2.62. The van der Waals surface area contributed by atoms with Crippen molar-refractivity contribution in [2.45, 2.75) is 37.2 Å². The summed E-state index contributed by atoms with van der Waals surface area (Å²) in [5.41, 5.74) is 0. The molecular weight excluding hydrogens is 228 g/mol. The van der Waals surface area contributed by atoms with Crippen LogP contribution in [-0.4, -0.2) is 28.7 Å². The molecule has 2 fully saturated rings. The number of carbonyl (C=O) groups is 1. The van der Waals surface area contributed by atoms with Crippen LogP contribution in [0.2, 0.25) is 0 Å². The predicted molar refractivity (Wildman–Crippen MR) is 68.4 cm³/mol. The number of ether oxygens (including phenoxy) is 1. The van der Waals surface area contributed by atoms with Gasteiger partial charge in [-0.15, -0.1) is 23.5 Å². The van der Waals surface area contributed by atoms with Gasteiger partial charge in [-0.2, -0.15) is 0 Å². The highest BCUT2D eigenvalue weighted by atomic mass is 32.2. The molecule has 1 heterocycles. The lowest BCUT2D eigenvalue weighted by molar-refractivity contribution is -0.128. The monoisotopic (exact) mass is 248 g/mol. The maximum absolute atomic E-state index is 9.18. The second-order valence-corrected chi connectivity index (χ2v) is 7.24. The molecular formula is C11H20O2S2. The molecule has 0 spiro atoms. The average Bonchev–Trinajstić information content (AvgIpc) is 3.04. The van der Waals surface area contributed by atoms with E-state index in [-0.39, 0.29) is 0 Å². The van der Waals surface area contributed by atoms with Crippen LogP contribution in [0.4, 0.5) is 0 Å². The van der Waals surface area contributed by atoms with Crippen molar-refractivity contribution in [3.05, 3.63) is 0 Å². The molecule has 0 atom stereocenters. The van der Waals surface area contributed by atoms with E-state index >= 15 is 0 Å². The molecule has 0 amide bonds. The van der Waals surface area contributed by atoms with Crippen molar-refractivity contribution in [2.75, 3.05) is 18.1 Å². The van der Waals surface area contributed by atoms with E-state index in [1.165, 1.54) is 30.8 Å². The molecule has 1 saturated carbocycles. The molecule has 0 radical (unpaired) electrons.